The van der Waals surface area contributed by atoms with E-state index in [1.54, 1.807) is 12.1 Å². The third-order valence-electron chi connectivity index (χ3n) is 4.92. The normalized spacial score (nSPS) is 16.7. The summed E-state index contributed by atoms with van der Waals surface area (Å²) in [6.45, 7) is 1.02. The molecule has 0 aliphatic carbocycles. The number of nitrogens with two attached hydrogens (primary N) is 1. The molecular weight excluding hydrogens is 376 g/mol. The third kappa shape index (κ3) is 4.57. The molecule has 9 nitrogen and oxygen atoms in total. The van der Waals surface area contributed by atoms with Gasteiger partial charge in [-0.25, -0.2) is 4.79 Å². The minimum Gasteiger partial charge on any atom is -0.465 e. The summed E-state index contributed by atoms with van der Waals surface area (Å²) < 4.78 is 0. The molecule has 0 spiro atoms. The van der Waals surface area contributed by atoms with Crippen LogP contribution in [0.15, 0.2) is 47.5 Å². The van der Waals surface area contributed by atoms with Crippen LogP contribution in [0.4, 0.5) is 16.2 Å². The van der Waals surface area contributed by atoms with Crippen molar-refractivity contribution in [2.24, 2.45) is 10.7 Å². The Bertz CT molecular complexity index is 971. The first-order chi connectivity index (χ1) is 13.9. The van der Waals surface area contributed by atoms with Crippen molar-refractivity contribution in [3.8, 4) is 0 Å². The van der Waals surface area contributed by atoms with E-state index < -0.39 is 16.9 Å². The van der Waals surface area contributed by atoms with E-state index in [4.69, 9.17) is 5.73 Å². The Labute approximate surface area is 166 Å². The van der Waals surface area contributed by atoms with E-state index in [1.807, 2.05) is 12.1 Å². The largest absolute Gasteiger partial charge is 0.465 e. The second-order valence-electron chi connectivity index (χ2n) is 6.78. The number of rotatable bonds is 5. The molecule has 1 aliphatic rings. The van der Waals surface area contributed by atoms with Gasteiger partial charge in [0, 0.05) is 25.2 Å². The summed E-state index contributed by atoms with van der Waals surface area (Å²) in [5.74, 6) is -0.745. The molecule has 3 rings (SSSR count). The van der Waals surface area contributed by atoms with Crippen molar-refractivity contribution in [1.82, 2.24) is 4.90 Å². The molecule has 29 heavy (non-hydrogen) atoms. The maximum atomic E-state index is 11.4. The molecule has 1 heterocycles. The quantitative estimate of drug-likeness (QED) is 0.453. The predicted molar refractivity (Wildman–Crippen MR) is 107 cm³/mol. The van der Waals surface area contributed by atoms with E-state index in [-0.39, 0.29) is 22.7 Å². The van der Waals surface area contributed by atoms with E-state index >= 15 is 0 Å². The van der Waals surface area contributed by atoms with Crippen molar-refractivity contribution in [3.05, 3.63) is 69.3 Å². The molecule has 0 radical (unpaired) electrons. The lowest BCUT2D eigenvalue weighted by Gasteiger charge is -2.31. The SMILES string of the molecule is NC(=O)c1cccc(/C=N/c2ccc([C@@H]3CCCN(C(=O)O)C3)cc2)c1[N+](=O)[O-]. The molecule has 2 aromatic carbocycles. The molecular formula is C20H20N4O5. The van der Waals surface area contributed by atoms with Gasteiger partial charge < -0.3 is 15.7 Å². The Morgan fingerprint density at radius 1 is 1.24 bits per heavy atom. The summed E-state index contributed by atoms with van der Waals surface area (Å²) in [5, 5.41) is 20.5. The van der Waals surface area contributed by atoms with Crippen LogP contribution in [0.3, 0.4) is 0 Å². The minimum absolute atomic E-state index is 0.131. The van der Waals surface area contributed by atoms with Crippen molar-refractivity contribution in [2.75, 3.05) is 13.1 Å². The first-order valence-corrected chi connectivity index (χ1v) is 9.06. The lowest BCUT2D eigenvalue weighted by atomic mass is 9.91. The summed E-state index contributed by atoms with van der Waals surface area (Å²) in [6, 6.07) is 11.6. The molecule has 0 bridgehead atoms. The van der Waals surface area contributed by atoms with E-state index in [0.29, 0.717) is 18.8 Å². The summed E-state index contributed by atoms with van der Waals surface area (Å²) >= 11 is 0. The molecule has 1 aliphatic heterocycles. The number of nitro benzene ring substituents is 1. The molecule has 3 N–H and O–H groups in total. The van der Waals surface area contributed by atoms with Crippen LogP contribution in [-0.4, -0.2) is 46.2 Å². The van der Waals surface area contributed by atoms with Gasteiger partial charge in [-0.05, 0) is 42.7 Å². The molecule has 1 saturated heterocycles. The topological polar surface area (TPSA) is 139 Å². The summed E-state index contributed by atoms with van der Waals surface area (Å²) in [4.78, 5) is 39.0. The van der Waals surface area contributed by atoms with Crippen LogP contribution in [0.25, 0.3) is 0 Å². The van der Waals surface area contributed by atoms with E-state index in [2.05, 4.69) is 4.99 Å². The summed E-state index contributed by atoms with van der Waals surface area (Å²) in [7, 11) is 0. The predicted octanol–water partition coefficient (Wildman–Crippen LogP) is 3.30. The standard InChI is InChI=1S/C20H20N4O5/c21-19(25)17-5-1-3-14(18(17)24(28)29)11-22-16-8-6-13(7-9-16)15-4-2-10-23(12-15)20(26)27/h1,3,5-9,11,15H,2,4,10,12H2,(H2,21,25)(H,26,27)/b22-11+/t15-/m1/s1. The molecule has 0 unspecified atom stereocenters. The molecule has 9 heteroatoms. The molecule has 2 aromatic rings. The van der Waals surface area contributed by atoms with Gasteiger partial charge in [-0.15, -0.1) is 0 Å². The van der Waals surface area contributed by atoms with Crippen LogP contribution < -0.4 is 5.73 Å². The summed E-state index contributed by atoms with van der Waals surface area (Å²) in [5.41, 5.74) is 6.45. The number of primary amides is 1. The van der Waals surface area contributed by atoms with Gasteiger partial charge in [-0.1, -0.05) is 18.2 Å². The molecule has 1 fully saturated rings. The molecule has 150 valence electrons. The zero-order valence-corrected chi connectivity index (χ0v) is 15.5. The average Bonchev–Trinajstić information content (AvgIpc) is 2.72. The van der Waals surface area contributed by atoms with Crippen molar-refractivity contribution < 1.29 is 19.6 Å². The number of benzene rings is 2. The van der Waals surface area contributed by atoms with Crippen molar-refractivity contribution in [1.29, 1.82) is 0 Å². The number of nitro groups is 1. The number of para-hydroxylation sites is 1. The lowest BCUT2D eigenvalue weighted by molar-refractivity contribution is -0.385. The monoisotopic (exact) mass is 396 g/mol. The van der Waals surface area contributed by atoms with E-state index in [9.17, 15) is 24.8 Å². The van der Waals surface area contributed by atoms with E-state index in [1.165, 1.54) is 29.3 Å². The highest BCUT2D eigenvalue weighted by Gasteiger charge is 2.24. The van der Waals surface area contributed by atoms with Gasteiger partial charge in [0.25, 0.3) is 11.6 Å². The van der Waals surface area contributed by atoms with Gasteiger partial charge in [0.2, 0.25) is 0 Å². The van der Waals surface area contributed by atoms with Crippen molar-refractivity contribution in [2.45, 2.75) is 18.8 Å². The fraction of sp³-hybridized carbons (Fsp3) is 0.250. The molecule has 0 aromatic heterocycles. The van der Waals surface area contributed by atoms with Crippen LogP contribution in [0.5, 0.6) is 0 Å². The number of likely N-dealkylation sites (tertiary alicyclic amines) is 1. The van der Waals surface area contributed by atoms with Gasteiger partial charge >= 0.3 is 6.09 Å². The average molecular weight is 396 g/mol. The maximum absolute atomic E-state index is 11.4. The summed E-state index contributed by atoms with van der Waals surface area (Å²) in [6.07, 6.45) is 2.15. The van der Waals surface area contributed by atoms with Crippen LogP contribution >= 0.6 is 0 Å². The number of amides is 2. The van der Waals surface area contributed by atoms with Gasteiger partial charge in [0.15, 0.2) is 0 Å². The lowest BCUT2D eigenvalue weighted by Crippen LogP contribution is -2.38. The first-order valence-electron chi connectivity index (χ1n) is 9.06. The number of carbonyl (C=O) groups is 2. The number of carbonyl (C=O) groups excluding carboxylic acids is 1. The number of nitrogens with zero attached hydrogens (tertiary/aromatic N) is 3. The second-order valence-corrected chi connectivity index (χ2v) is 6.78. The number of hydrogen-bond acceptors (Lipinski definition) is 5. The second kappa shape index (κ2) is 8.51. The van der Waals surface area contributed by atoms with Crippen LogP contribution in [0.2, 0.25) is 0 Å². The van der Waals surface area contributed by atoms with Crippen LogP contribution in [-0.2, 0) is 0 Å². The zero-order valence-electron chi connectivity index (χ0n) is 15.5. The van der Waals surface area contributed by atoms with Crippen molar-refractivity contribution >= 4 is 29.6 Å². The number of aliphatic imine (C=N–C) groups is 1. The Morgan fingerprint density at radius 2 is 1.97 bits per heavy atom. The fourth-order valence-electron chi connectivity index (χ4n) is 3.47. The molecule has 0 saturated carbocycles. The number of carboxylic acid groups (broad SMARTS) is 1. The van der Waals surface area contributed by atoms with Crippen molar-refractivity contribution in [3.63, 3.8) is 0 Å². The maximum Gasteiger partial charge on any atom is 0.407 e. The molecule has 2 amide bonds. The van der Waals surface area contributed by atoms with Gasteiger partial charge in [0.05, 0.1) is 16.2 Å². The Kier molecular flexibility index (Phi) is 5.87. The highest BCUT2D eigenvalue weighted by Crippen LogP contribution is 2.29. The Morgan fingerprint density at radius 3 is 2.59 bits per heavy atom. The number of hydrogen-bond donors (Lipinski definition) is 2. The van der Waals surface area contributed by atoms with Crippen LogP contribution in [0.1, 0.15) is 40.2 Å². The Balaban J connectivity index is 1.79. The zero-order chi connectivity index (χ0) is 21.0. The number of piperidine rings is 1. The van der Waals surface area contributed by atoms with Gasteiger partial charge in [-0.2, -0.15) is 0 Å². The fourth-order valence-corrected chi connectivity index (χ4v) is 3.47. The molecule has 1 atom stereocenters. The highest BCUT2D eigenvalue weighted by atomic mass is 16.6. The Hall–Kier alpha value is -3.75. The first kappa shape index (κ1) is 20.0. The van der Waals surface area contributed by atoms with Crippen LogP contribution in [0, 0.1) is 10.1 Å². The highest BCUT2D eigenvalue weighted by molar-refractivity contribution is 6.01. The van der Waals surface area contributed by atoms with Gasteiger partial charge in [0.1, 0.15) is 5.56 Å². The van der Waals surface area contributed by atoms with Gasteiger partial charge in [-0.3, -0.25) is 19.9 Å². The van der Waals surface area contributed by atoms with E-state index in [0.717, 1.165) is 18.4 Å². The third-order valence-corrected chi connectivity index (χ3v) is 4.92. The smallest absolute Gasteiger partial charge is 0.407 e. The minimum atomic E-state index is -0.907.